The summed E-state index contributed by atoms with van der Waals surface area (Å²) in [5.41, 5.74) is 5.91. The first kappa shape index (κ1) is 13.4. The first-order valence-corrected chi connectivity index (χ1v) is 6.72. The van der Waals surface area contributed by atoms with Crippen molar-refractivity contribution < 1.29 is 8.42 Å². The van der Waals surface area contributed by atoms with Gasteiger partial charge in [-0.1, -0.05) is 17.7 Å². The smallest absolute Gasteiger partial charge is 0.241 e. The summed E-state index contributed by atoms with van der Waals surface area (Å²) in [6.45, 7) is 3.63. The second-order valence-corrected chi connectivity index (χ2v) is 5.71. The van der Waals surface area contributed by atoms with Gasteiger partial charge in [0.05, 0.1) is 4.90 Å². The van der Waals surface area contributed by atoms with E-state index in [9.17, 15) is 8.42 Å². The lowest BCUT2D eigenvalue weighted by molar-refractivity contribution is 0.562. The predicted octanol–water partition coefficient (Wildman–Crippen LogP) is 1.27. The van der Waals surface area contributed by atoms with Crippen molar-refractivity contribution in [2.75, 3.05) is 6.54 Å². The quantitative estimate of drug-likeness (QED) is 0.858. The van der Waals surface area contributed by atoms with Crippen LogP contribution in [0.15, 0.2) is 23.1 Å². The summed E-state index contributed by atoms with van der Waals surface area (Å²) in [4.78, 5) is 0.195. The number of benzene rings is 1. The van der Waals surface area contributed by atoms with Crippen LogP contribution in [0.2, 0.25) is 5.02 Å². The SMILES string of the molecule is Cc1c(Cl)cccc1S(=O)(=O)N[C@@H](C)CN. The Kier molecular flexibility index (Phi) is 4.32. The van der Waals surface area contributed by atoms with Gasteiger partial charge < -0.3 is 5.73 Å². The van der Waals surface area contributed by atoms with E-state index in [1.54, 1.807) is 26.0 Å². The lowest BCUT2D eigenvalue weighted by Crippen LogP contribution is -2.38. The van der Waals surface area contributed by atoms with Crippen molar-refractivity contribution in [2.45, 2.75) is 24.8 Å². The molecular formula is C10H15ClN2O2S. The van der Waals surface area contributed by atoms with Crippen molar-refractivity contribution in [1.29, 1.82) is 0 Å². The van der Waals surface area contributed by atoms with Gasteiger partial charge in [-0.25, -0.2) is 13.1 Å². The minimum Gasteiger partial charge on any atom is -0.329 e. The van der Waals surface area contributed by atoms with Gasteiger partial charge in [0.15, 0.2) is 0 Å². The number of hydrogen-bond acceptors (Lipinski definition) is 3. The minimum absolute atomic E-state index is 0.195. The van der Waals surface area contributed by atoms with E-state index in [2.05, 4.69) is 4.72 Å². The molecule has 1 rings (SSSR count). The number of nitrogens with one attached hydrogen (secondary N) is 1. The van der Waals surface area contributed by atoms with Crippen molar-refractivity contribution in [3.8, 4) is 0 Å². The maximum absolute atomic E-state index is 11.9. The maximum atomic E-state index is 11.9. The summed E-state index contributed by atoms with van der Waals surface area (Å²) >= 11 is 5.87. The fraction of sp³-hybridized carbons (Fsp3) is 0.400. The Bertz CT molecular complexity index is 474. The molecule has 0 amide bonds. The summed E-state index contributed by atoms with van der Waals surface area (Å²) in [5, 5.41) is 0.434. The van der Waals surface area contributed by atoms with E-state index >= 15 is 0 Å². The molecule has 0 spiro atoms. The Labute approximate surface area is 101 Å². The first-order valence-electron chi connectivity index (χ1n) is 4.86. The Hall–Kier alpha value is -0.620. The van der Waals surface area contributed by atoms with Crippen LogP contribution >= 0.6 is 11.6 Å². The molecule has 1 aromatic rings. The molecule has 0 aliphatic rings. The molecule has 16 heavy (non-hydrogen) atoms. The van der Waals surface area contributed by atoms with E-state index in [0.717, 1.165) is 0 Å². The lowest BCUT2D eigenvalue weighted by Gasteiger charge is -2.14. The second kappa shape index (κ2) is 5.14. The molecule has 90 valence electrons. The lowest BCUT2D eigenvalue weighted by atomic mass is 10.2. The number of rotatable bonds is 4. The van der Waals surface area contributed by atoms with Gasteiger partial charge in [-0.05, 0) is 31.5 Å². The molecule has 0 aliphatic heterocycles. The van der Waals surface area contributed by atoms with Crippen molar-refractivity contribution in [1.82, 2.24) is 4.72 Å². The molecule has 0 fully saturated rings. The van der Waals surface area contributed by atoms with E-state index < -0.39 is 10.0 Å². The summed E-state index contributed by atoms with van der Waals surface area (Å²) in [5.74, 6) is 0. The summed E-state index contributed by atoms with van der Waals surface area (Å²) in [6, 6.07) is 4.48. The zero-order valence-electron chi connectivity index (χ0n) is 9.20. The van der Waals surface area contributed by atoms with Gasteiger partial charge in [0.25, 0.3) is 0 Å². The summed E-state index contributed by atoms with van der Waals surface area (Å²) in [7, 11) is -3.54. The molecular weight excluding hydrogens is 248 g/mol. The van der Waals surface area contributed by atoms with Gasteiger partial charge in [0, 0.05) is 17.6 Å². The average Bonchev–Trinajstić information content (AvgIpc) is 2.21. The van der Waals surface area contributed by atoms with E-state index in [1.807, 2.05) is 0 Å². The van der Waals surface area contributed by atoms with Crippen LogP contribution in [0.25, 0.3) is 0 Å². The molecule has 0 radical (unpaired) electrons. The maximum Gasteiger partial charge on any atom is 0.241 e. The standard InChI is InChI=1S/C10H15ClN2O2S/c1-7(6-12)13-16(14,15)10-5-3-4-9(11)8(10)2/h3-5,7,13H,6,12H2,1-2H3/t7-/m0/s1. The van der Waals surface area contributed by atoms with Crippen molar-refractivity contribution in [3.05, 3.63) is 28.8 Å². The molecule has 3 N–H and O–H groups in total. The molecule has 0 aliphatic carbocycles. The fourth-order valence-electron chi connectivity index (χ4n) is 1.26. The van der Waals surface area contributed by atoms with Gasteiger partial charge in [0.2, 0.25) is 10.0 Å². The van der Waals surface area contributed by atoms with Crippen molar-refractivity contribution in [3.63, 3.8) is 0 Å². The molecule has 0 saturated heterocycles. The van der Waals surface area contributed by atoms with Crippen molar-refractivity contribution in [2.24, 2.45) is 5.73 Å². The Balaban J connectivity index is 3.13. The number of sulfonamides is 1. The highest BCUT2D eigenvalue weighted by molar-refractivity contribution is 7.89. The van der Waals surface area contributed by atoms with Crippen LogP contribution in [0.4, 0.5) is 0 Å². The molecule has 6 heteroatoms. The van der Waals surface area contributed by atoms with Crippen LogP contribution in [-0.4, -0.2) is 21.0 Å². The van der Waals surface area contributed by atoms with E-state index in [0.29, 0.717) is 10.6 Å². The highest BCUT2D eigenvalue weighted by Gasteiger charge is 2.19. The third-order valence-electron chi connectivity index (χ3n) is 2.22. The molecule has 0 unspecified atom stereocenters. The van der Waals surface area contributed by atoms with Crippen LogP contribution in [0.1, 0.15) is 12.5 Å². The minimum atomic E-state index is -3.54. The molecule has 0 heterocycles. The zero-order chi connectivity index (χ0) is 12.3. The zero-order valence-corrected chi connectivity index (χ0v) is 10.8. The highest BCUT2D eigenvalue weighted by atomic mass is 35.5. The Morgan fingerprint density at radius 1 is 1.50 bits per heavy atom. The van der Waals surface area contributed by atoms with Gasteiger partial charge in [0.1, 0.15) is 0 Å². The second-order valence-electron chi connectivity index (χ2n) is 3.62. The summed E-state index contributed by atoms with van der Waals surface area (Å²) in [6.07, 6.45) is 0. The van der Waals surface area contributed by atoms with Gasteiger partial charge in [-0.2, -0.15) is 0 Å². The van der Waals surface area contributed by atoms with Gasteiger partial charge >= 0.3 is 0 Å². The van der Waals surface area contributed by atoms with Crippen LogP contribution in [0.5, 0.6) is 0 Å². The molecule has 0 bridgehead atoms. The van der Waals surface area contributed by atoms with Crippen LogP contribution in [0, 0.1) is 6.92 Å². The third-order valence-corrected chi connectivity index (χ3v) is 4.36. The molecule has 4 nitrogen and oxygen atoms in total. The predicted molar refractivity (Wildman–Crippen MR) is 65.0 cm³/mol. The largest absolute Gasteiger partial charge is 0.329 e. The van der Waals surface area contributed by atoms with Crippen molar-refractivity contribution >= 4 is 21.6 Å². The average molecular weight is 263 g/mol. The first-order chi connectivity index (χ1) is 7.38. The third kappa shape index (κ3) is 2.95. The van der Waals surface area contributed by atoms with Crippen LogP contribution < -0.4 is 10.5 Å². The van der Waals surface area contributed by atoms with E-state index in [4.69, 9.17) is 17.3 Å². The van der Waals surface area contributed by atoms with Gasteiger partial charge in [-0.15, -0.1) is 0 Å². The molecule has 1 atom stereocenters. The monoisotopic (exact) mass is 262 g/mol. The van der Waals surface area contributed by atoms with Gasteiger partial charge in [-0.3, -0.25) is 0 Å². The van der Waals surface area contributed by atoms with Crippen LogP contribution in [0.3, 0.4) is 0 Å². The number of nitrogens with two attached hydrogens (primary N) is 1. The topological polar surface area (TPSA) is 72.2 Å². The summed E-state index contributed by atoms with van der Waals surface area (Å²) < 4.78 is 26.4. The normalized spacial score (nSPS) is 13.8. The van der Waals surface area contributed by atoms with Crippen LogP contribution in [-0.2, 0) is 10.0 Å². The van der Waals surface area contributed by atoms with E-state index in [-0.39, 0.29) is 17.5 Å². The Morgan fingerprint density at radius 2 is 2.12 bits per heavy atom. The van der Waals surface area contributed by atoms with E-state index in [1.165, 1.54) is 6.07 Å². The number of hydrogen-bond donors (Lipinski definition) is 2. The molecule has 0 aromatic heterocycles. The fourth-order valence-corrected chi connectivity index (χ4v) is 3.01. The Morgan fingerprint density at radius 3 is 2.69 bits per heavy atom. The molecule has 0 saturated carbocycles. The number of halogens is 1. The molecule has 1 aromatic carbocycles. The highest BCUT2D eigenvalue weighted by Crippen LogP contribution is 2.22.